The first-order chi connectivity index (χ1) is 8.93. The molecule has 5 atom stereocenters. The molecule has 5 aliphatic rings. The summed E-state index contributed by atoms with van der Waals surface area (Å²) in [4.78, 5) is 0. The van der Waals surface area contributed by atoms with Crippen LogP contribution in [0.25, 0.3) is 0 Å². The van der Waals surface area contributed by atoms with Gasteiger partial charge >= 0.3 is 7.12 Å². The maximum absolute atomic E-state index is 6.44. The third kappa shape index (κ3) is 1.58. The van der Waals surface area contributed by atoms with Crippen molar-refractivity contribution in [1.82, 2.24) is 4.42 Å². The van der Waals surface area contributed by atoms with Crippen molar-refractivity contribution < 1.29 is 9.31 Å². The van der Waals surface area contributed by atoms with Gasteiger partial charge in [-0.3, -0.25) is 0 Å². The zero-order chi connectivity index (χ0) is 13.4. The second-order valence-electron chi connectivity index (χ2n) is 7.67. The summed E-state index contributed by atoms with van der Waals surface area (Å²) < 4.78 is 14.6. The van der Waals surface area contributed by atoms with Gasteiger partial charge in [0.25, 0.3) is 0 Å². The Morgan fingerprint density at radius 2 is 2.05 bits per heavy atom. The zero-order valence-electron chi connectivity index (χ0n) is 12.1. The molecule has 2 aliphatic heterocycles. The summed E-state index contributed by atoms with van der Waals surface area (Å²) in [6, 6.07) is 0. The summed E-state index contributed by atoms with van der Waals surface area (Å²) in [5.41, 5.74) is 0.322. The van der Waals surface area contributed by atoms with Crippen LogP contribution < -0.4 is 0 Å². The van der Waals surface area contributed by atoms with Crippen LogP contribution in [0.15, 0.2) is 0 Å². The lowest BCUT2D eigenvalue weighted by atomic mass is 9.43. The molecule has 3 aliphatic carbocycles. The van der Waals surface area contributed by atoms with Crippen molar-refractivity contribution in [3.05, 3.63) is 0 Å². The molecule has 2 saturated heterocycles. The average Bonchev–Trinajstić information content (AvgIpc) is 2.90. The molecule has 2 bridgehead atoms. The molecular formula is C14H23BClNO2. The van der Waals surface area contributed by atoms with Crippen LogP contribution in [0.1, 0.15) is 46.5 Å². The summed E-state index contributed by atoms with van der Waals surface area (Å²) >= 11 is 6.28. The minimum absolute atomic E-state index is 0.0940. The average molecular weight is 284 g/mol. The monoisotopic (exact) mass is 283 g/mol. The molecule has 3 nitrogen and oxygen atoms in total. The van der Waals surface area contributed by atoms with Crippen LogP contribution >= 0.6 is 11.8 Å². The third-order valence-electron chi connectivity index (χ3n) is 6.51. The van der Waals surface area contributed by atoms with Crippen molar-refractivity contribution in [2.45, 2.75) is 64.1 Å². The highest BCUT2D eigenvalue weighted by atomic mass is 35.5. The Balaban J connectivity index is 1.57. The van der Waals surface area contributed by atoms with E-state index in [1.807, 2.05) is 4.42 Å². The zero-order valence-corrected chi connectivity index (χ0v) is 12.8. The molecule has 5 fully saturated rings. The predicted octanol–water partition coefficient (Wildman–Crippen LogP) is 2.87. The quantitative estimate of drug-likeness (QED) is 0.546. The number of halogens is 1. The summed E-state index contributed by atoms with van der Waals surface area (Å²) in [6.07, 6.45) is 4.99. The van der Waals surface area contributed by atoms with Gasteiger partial charge in [-0.1, -0.05) is 13.8 Å². The molecule has 3 unspecified atom stereocenters. The normalized spacial score (nSPS) is 52.1. The van der Waals surface area contributed by atoms with Gasteiger partial charge in [-0.2, -0.15) is 0 Å². The topological polar surface area (TPSA) is 21.7 Å². The highest BCUT2D eigenvalue weighted by Gasteiger charge is 2.68. The largest absolute Gasteiger partial charge is 0.477 e. The Bertz CT molecular complexity index is 407. The lowest BCUT2D eigenvalue weighted by molar-refractivity contribution is -0.199. The van der Waals surface area contributed by atoms with Gasteiger partial charge in [0.1, 0.15) is 0 Å². The van der Waals surface area contributed by atoms with Gasteiger partial charge in [0.2, 0.25) is 0 Å². The van der Waals surface area contributed by atoms with E-state index in [0.717, 1.165) is 31.7 Å². The Morgan fingerprint density at radius 3 is 2.68 bits per heavy atom. The Hall–Kier alpha value is 0.235. The van der Waals surface area contributed by atoms with Crippen molar-refractivity contribution in [1.29, 1.82) is 0 Å². The molecular weight excluding hydrogens is 260 g/mol. The van der Waals surface area contributed by atoms with E-state index in [1.165, 1.54) is 6.42 Å². The Morgan fingerprint density at radius 1 is 1.26 bits per heavy atom. The van der Waals surface area contributed by atoms with E-state index >= 15 is 0 Å². The first-order valence-corrected chi connectivity index (χ1v) is 8.02. The fraction of sp³-hybridized carbons (Fsp3) is 1.00. The third-order valence-corrected chi connectivity index (χ3v) is 6.93. The number of hydrogen-bond donors (Lipinski definition) is 0. The minimum Gasteiger partial charge on any atom is -0.404 e. The van der Waals surface area contributed by atoms with Crippen molar-refractivity contribution in [2.24, 2.45) is 17.3 Å². The van der Waals surface area contributed by atoms with Gasteiger partial charge in [0.05, 0.1) is 17.6 Å². The van der Waals surface area contributed by atoms with Crippen LogP contribution in [0.2, 0.25) is 0 Å². The van der Waals surface area contributed by atoms with Crippen LogP contribution in [0.4, 0.5) is 0 Å². The van der Waals surface area contributed by atoms with Crippen LogP contribution in [-0.4, -0.2) is 35.7 Å². The van der Waals surface area contributed by atoms with Gasteiger partial charge in [-0.15, -0.1) is 0 Å². The van der Waals surface area contributed by atoms with E-state index in [2.05, 4.69) is 20.8 Å². The SMILES string of the molecule is CC1(C)C2CC1[C@]1(C)OB(C3CCCN3Cl)O[C@@H]1C2. The second-order valence-corrected chi connectivity index (χ2v) is 8.10. The molecule has 0 spiro atoms. The van der Waals surface area contributed by atoms with E-state index in [-0.39, 0.29) is 24.8 Å². The lowest BCUT2D eigenvalue weighted by Crippen LogP contribution is -2.65. The van der Waals surface area contributed by atoms with E-state index in [4.69, 9.17) is 21.1 Å². The van der Waals surface area contributed by atoms with Gasteiger partial charge in [0, 0.05) is 6.54 Å². The van der Waals surface area contributed by atoms with Gasteiger partial charge < -0.3 is 9.31 Å². The molecule has 0 aromatic carbocycles. The van der Waals surface area contributed by atoms with Gasteiger partial charge in [0.15, 0.2) is 0 Å². The summed E-state index contributed by atoms with van der Waals surface area (Å²) in [6.45, 7) is 8.02. The molecule has 3 saturated carbocycles. The van der Waals surface area contributed by atoms with E-state index in [9.17, 15) is 0 Å². The second kappa shape index (κ2) is 3.91. The van der Waals surface area contributed by atoms with Crippen molar-refractivity contribution in [3.8, 4) is 0 Å². The maximum atomic E-state index is 6.44. The standard InChI is InChI=1S/C14H23BClNO2/c1-13(2)9-7-10(13)14(3)11(8-9)18-15(19-14)12-5-4-6-17(12)16/h9-12H,4-8H2,1-3H3/t9?,10?,11-,12?,14+/m1/s1. The fourth-order valence-electron chi connectivity index (χ4n) is 5.09. The summed E-state index contributed by atoms with van der Waals surface area (Å²) in [7, 11) is -0.120. The lowest BCUT2D eigenvalue weighted by Gasteiger charge is -2.64. The molecule has 0 aromatic heterocycles. The first kappa shape index (κ1) is 12.9. The smallest absolute Gasteiger partial charge is 0.404 e. The van der Waals surface area contributed by atoms with Gasteiger partial charge in [-0.25, -0.2) is 4.42 Å². The van der Waals surface area contributed by atoms with Crippen molar-refractivity contribution in [3.63, 3.8) is 0 Å². The van der Waals surface area contributed by atoms with Crippen LogP contribution in [-0.2, 0) is 9.31 Å². The van der Waals surface area contributed by atoms with Crippen LogP contribution in [0, 0.1) is 17.3 Å². The van der Waals surface area contributed by atoms with E-state index < -0.39 is 0 Å². The Labute approximate surface area is 121 Å². The first-order valence-electron chi connectivity index (χ1n) is 7.68. The summed E-state index contributed by atoms with van der Waals surface area (Å²) in [5, 5.41) is 0. The van der Waals surface area contributed by atoms with Crippen LogP contribution in [0.5, 0.6) is 0 Å². The van der Waals surface area contributed by atoms with Gasteiger partial charge in [-0.05, 0) is 61.6 Å². The van der Waals surface area contributed by atoms with Crippen LogP contribution in [0.3, 0.4) is 0 Å². The number of hydrogen-bond acceptors (Lipinski definition) is 3. The maximum Gasteiger partial charge on any atom is 0.477 e. The molecule has 106 valence electrons. The molecule has 5 heteroatoms. The Kier molecular flexibility index (Phi) is 2.66. The highest BCUT2D eigenvalue weighted by molar-refractivity contribution is 6.48. The molecule has 5 rings (SSSR count). The van der Waals surface area contributed by atoms with E-state index in [1.54, 1.807) is 0 Å². The summed E-state index contributed by atoms with van der Waals surface area (Å²) in [5.74, 6) is 1.69. The van der Waals surface area contributed by atoms with E-state index in [0.29, 0.717) is 11.3 Å². The molecule has 19 heavy (non-hydrogen) atoms. The molecule has 0 radical (unpaired) electrons. The fourth-order valence-corrected chi connectivity index (χ4v) is 5.40. The van der Waals surface area contributed by atoms with Crippen molar-refractivity contribution in [2.75, 3.05) is 6.54 Å². The predicted molar refractivity (Wildman–Crippen MR) is 75.7 cm³/mol. The number of rotatable bonds is 1. The molecule has 0 aromatic rings. The number of nitrogens with zero attached hydrogens (tertiary/aromatic N) is 1. The highest BCUT2D eigenvalue weighted by Crippen LogP contribution is 2.65. The minimum atomic E-state index is -0.120. The van der Waals surface area contributed by atoms with Crippen molar-refractivity contribution >= 4 is 18.9 Å². The molecule has 0 amide bonds. The molecule has 2 heterocycles. The molecule has 0 N–H and O–H groups in total.